The number of ether oxygens (including phenoxy) is 1. The van der Waals surface area contributed by atoms with Gasteiger partial charge in [0.2, 0.25) is 10.0 Å². The molecule has 1 aliphatic carbocycles. The summed E-state index contributed by atoms with van der Waals surface area (Å²) in [5.41, 5.74) is 9.87. The number of methoxy groups -OCH3 is 1. The predicted octanol–water partition coefficient (Wildman–Crippen LogP) is 2.65. The lowest BCUT2D eigenvalue weighted by molar-refractivity contribution is 0.0700. The van der Waals surface area contributed by atoms with Gasteiger partial charge in [-0.2, -0.15) is 0 Å². The van der Waals surface area contributed by atoms with Crippen molar-refractivity contribution in [1.82, 2.24) is 23.8 Å². The van der Waals surface area contributed by atoms with Crippen LogP contribution in [0.15, 0.2) is 30.3 Å². The number of pyridine rings is 2. The van der Waals surface area contributed by atoms with Crippen LogP contribution in [0.25, 0.3) is 28.1 Å². The van der Waals surface area contributed by atoms with E-state index in [9.17, 15) is 13.2 Å². The first-order valence-corrected chi connectivity index (χ1v) is 14.7. The number of anilines is 1. The van der Waals surface area contributed by atoms with Crippen LogP contribution in [0.2, 0.25) is 0 Å². The smallest absolute Gasteiger partial charge is 0.254 e. The van der Waals surface area contributed by atoms with Crippen molar-refractivity contribution in [2.45, 2.75) is 45.3 Å². The Morgan fingerprint density at radius 2 is 2.05 bits per heavy atom. The highest BCUT2D eigenvalue weighted by molar-refractivity contribution is 7.92. The summed E-state index contributed by atoms with van der Waals surface area (Å²) in [6.45, 7) is 1.97. The quantitative estimate of drug-likeness (QED) is 0.388. The molecule has 4 aromatic heterocycles. The first-order chi connectivity index (χ1) is 19.7. The zero-order valence-electron chi connectivity index (χ0n) is 25.2. The van der Waals surface area contributed by atoms with Crippen molar-refractivity contribution in [2.75, 3.05) is 31.2 Å². The van der Waals surface area contributed by atoms with Crippen molar-refractivity contribution < 1.29 is 22.1 Å². The largest absolute Gasteiger partial charge is 0.482 e. The van der Waals surface area contributed by atoms with Crippen LogP contribution in [0.5, 0.6) is 5.88 Å². The molecule has 3 unspecified atom stereocenters. The molecule has 12 heteroatoms. The van der Waals surface area contributed by atoms with E-state index in [-0.39, 0.29) is 23.8 Å². The number of carbonyl (C=O) groups is 1. The van der Waals surface area contributed by atoms with E-state index in [0.29, 0.717) is 62.8 Å². The minimum absolute atomic E-state index is 0.00853. The second-order valence-electron chi connectivity index (χ2n) is 10.3. The monoisotopic (exact) mass is 554 g/mol. The van der Waals surface area contributed by atoms with E-state index in [0.717, 1.165) is 24.8 Å². The Morgan fingerprint density at radius 3 is 2.67 bits per heavy atom. The highest BCUT2D eigenvalue weighted by Gasteiger charge is 2.47. The molecule has 2 bridgehead atoms. The van der Waals surface area contributed by atoms with E-state index in [4.69, 9.17) is 19.6 Å². The molecule has 1 saturated carbocycles. The number of carbonyl (C=O) groups excluding carboxylic acids is 1. The maximum absolute atomic E-state index is 13.6. The summed E-state index contributed by atoms with van der Waals surface area (Å²) in [6, 6.07) is 8.45. The highest BCUT2D eigenvalue weighted by atomic mass is 32.2. The van der Waals surface area contributed by atoms with Gasteiger partial charge in [0.25, 0.3) is 5.91 Å². The molecule has 206 valence electrons. The number of aromatic nitrogens is 4. The Balaban J connectivity index is 1.46. The zero-order valence-corrected chi connectivity index (χ0v) is 23.1. The molecule has 2 fully saturated rings. The lowest BCUT2D eigenvalue weighted by atomic mass is 10.1. The van der Waals surface area contributed by atoms with Gasteiger partial charge < -0.3 is 19.9 Å². The summed E-state index contributed by atoms with van der Waals surface area (Å²) in [4.78, 5) is 24.8. The van der Waals surface area contributed by atoms with Gasteiger partial charge >= 0.3 is 0 Å². The van der Waals surface area contributed by atoms with Crippen molar-refractivity contribution in [3.63, 3.8) is 0 Å². The van der Waals surface area contributed by atoms with Crippen LogP contribution < -0.4 is 14.8 Å². The third-order valence-corrected chi connectivity index (χ3v) is 8.97. The average Bonchev–Trinajstić information content (AvgIpc) is 3.65. The molecule has 5 heterocycles. The van der Waals surface area contributed by atoms with Gasteiger partial charge in [-0.15, -0.1) is 0 Å². The molecule has 0 aromatic carbocycles. The summed E-state index contributed by atoms with van der Waals surface area (Å²) in [5.74, 6) is 0.502. The summed E-state index contributed by atoms with van der Waals surface area (Å²) in [5, 5.41) is 0.689. The fourth-order valence-corrected chi connectivity index (χ4v) is 6.60. The Morgan fingerprint density at radius 1 is 1.26 bits per heavy atom. The van der Waals surface area contributed by atoms with Crippen LogP contribution in [0.3, 0.4) is 0 Å². The maximum atomic E-state index is 13.6. The van der Waals surface area contributed by atoms with Crippen molar-refractivity contribution in [1.29, 1.82) is 0 Å². The van der Waals surface area contributed by atoms with E-state index in [1.165, 1.54) is 6.07 Å². The second-order valence-corrected chi connectivity index (χ2v) is 12.2. The second kappa shape index (κ2) is 8.95. The molecule has 0 radical (unpaired) electrons. The van der Waals surface area contributed by atoms with Crippen molar-refractivity contribution >= 4 is 38.4 Å². The number of rotatable bonds is 6. The number of amides is 1. The predicted molar refractivity (Wildman–Crippen MR) is 150 cm³/mol. The van der Waals surface area contributed by atoms with E-state index >= 15 is 0 Å². The molecule has 2 aliphatic rings. The fourth-order valence-electron chi connectivity index (χ4n) is 6.16. The molecule has 1 saturated heterocycles. The Labute approximate surface area is 231 Å². The van der Waals surface area contributed by atoms with Crippen LogP contribution in [0.1, 0.15) is 39.9 Å². The van der Waals surface area contributed by atoms with Crippen molar-refractivity contribution in [3.8, 4) is 17.3 Å². The number of fused-ring (bicyclic) bond motifs is 4. The number of aryl methyl sites for hydroxylation is 2. The SMILES string of the molecule is [2H]C([2H])([2H])N(c1ccc2cc(-c3nc4cc(C(=O)N5CC6CCC5C6N)cc(OC)n4c3C)n(CC)c2n1)S(C)(=O)=O. The number of sulfonamides is 1. The normalized spacial score (nSPS) is 22.3. The van der Waals surface area contributed by atoms with E-state index in [1.54, 1.807) is 25.3 Å². The molecule has 3 atom stereocenters. The molecule has 2 N–H and O–H groups in total. The van der Waals surface area contributed by atoms with Crippen LogP contribution in [-0.4, -0.2) is 77.1 Å². The first kappa shape index (κ1) is 22.2. The summed E-state index contributed by atoms with van der Waals surface area (Å²) >= 11 is 0. The highest BCUT2D eigenvalue weighted by Crippen LogP contribution is 2.38. The molecule has 1 amide bonds. The van der Waals surface area contributed by atoms with E-state index < -0.39 is 17.0 Å². The van der Waals surface area contributed by atoms with Crippen LogP contribution >= 0.6 is 0 Å². The lowest BCUT2D eigenvalue weighted by Crippen LogP contribution is -2.41. The zero-order chi connectivity index (χ0) is 30.3. The van der Waals surface area contributed by atoms with E-state index in [1.807, 2.05) is 33.8 Å². The molecule has 1 aliphatic heterocycles. The summed E-state index contributed by atoms with van der Waals surface area (Å²) in [6.07, 6.45) is 2.80. The third kappa shape index (κ3) is 3.88. The molecular formula is C27H33N7O4S. The minimum atomic E-state index is -4.13. The first-order valence-electron chi connectivity index (χ1n) is 14.4. The molecule has 11 nitrogen and oxygen atoms in total. The third-order valence-electron chi connectivity index (χ3n) is 8.12. The van der Waals surface area contributed by atoms with E-state index in [2.05, 4.69) is 4.98 Å². The average molecular weight is 555 g/mol. The number of hydrogen-bond acceptors (Lipinski definition) is 7. The molecular weight excluding hydrogens is 518 g/mol. The van der Waals surface area contributed by atoms with Crippen molar-refractivity contribution in [2.24, 2.45) is 11.7 Å². The number of nitrogens with two attached hydrogens (primary N) is 1. The van der Waals surface area contributed by atoms with Gasteiger partial charge in [-0.3, -0.25) is 13.5 Å². The van der Waals surface area contributed by atoms with Gasteiger partial charge in [0.05, 0.1) is 24.8 Å². The van der Waals surface area contributed by atoms with Crippen molar-refractivity contribution in [3.05, 3.63) is 41.6 Å². The van der Waals surface area contributed by atoms with Crippen LogP contribution in [-0.2, 0) is 16.6 Å². The number of piperidine rings is 1. The van der Waals surface area contributed by atoms with Gasteiger partial charge in [0, 0.05) is 53.3 Å². The van der Waals surface area contributed by atoms with Gasteiger partial charge in [-0.05, 0) is 56.9 Å². The van der Waals surface area contributed by atoms with Gasteiger partial charge in [0.15, 0.2) is 5.88 Å². The number of nitrogens with zero attached hydrogens (tertiary/aromatic N) is 6. The lowest BCUT2D eigenvalue weighted by Gasteiger charge is -2.27. The minimum Gasteiger partial charge on any atom is -0.482 e. The molecule has 4 aromatic rings. The Kier molecular flexibility index (Phi) is 5.10. The van der Waals surface area contributed by atoms with Gasteiger partial charge in [-0.25, -0.2) is 18.4 Å². The molecule has 39 heavy (non-hydrogen) atoms. The Hall–Kier alpha value is -3.64. The number of likely N-dealkylation sites (tertiary alicyclic amines) is 1. The standard InChI is InChI=1S/C27H33N7O4S/c1-6-32-20(11-16-8-10-21(30-26(16)32)31(3)39(5,36)37)25-15(2)34-22(29-25)12-18(13-23(34)38-4)27(35)33-14-17-7-9-19(33)24(17)28/h8,10-13,17,19,24H,6-7,9,14,28H2,1-5H3/i3D3. The number of hydrogen-bond donors (Lipinski definition) is 1. The summed E-state index contributed by atoms with van der Waals surface area (Å²) in [7, 11) is -2.59. The van der Waals surface area contributed by atoms with Gasteiger partial charge in [0.1, 0.15) is 22.8 Å². The summed E-state index contributed by atoms with van der Waals surface area (Å²) < 4.78 is 57.8. The van der Waals surface area contributed by atoms with Gasteiger partial charge in [-0.1, -0.05) is 0 Å². The molecule has 0 spiro atoms. The van der Waals surface area contributed by atoms with Crippen LogP contribution in [0.4, 0.5) is 5.82 Å². The van der Waals surface area contributed by atoms with Crippen LogP contribution in [0, 0.1) is 12.8 Å². The molecule has 6 rings (SSSR count). The Bertz CT molecular complexity index is 1850. The fraction of sp³-hybridized carbons (Fsp3) is 0.444. The number of imidazole rings is 1. The maximum Gasteiger partial charge on any atom is 0.254 e. The topological polar surface area (TPSA) is 128 Å².